The van der Waals surface area contributed by atoms with Gasteiger partial charge in [-0.15, -0.1) is 11.3 Å². The van der Waals surface area contributed by atoms with Crippen molar-refractivity contribution in [3.63, 3.8) is 0 Å². The van der Waals surface area contributed by atoms with Gasteiger partial charge in [-0.05, 0) is 41.2 Å². The first kappa shape index (κ1) is 13.9. The van der Waals surface area contributed by atoms with Crippen LogP contribution in [0.1, 0.15) is 42.2 Å². The molecule has 0 bridgehead atoms. The summed E-state index contributed by atoms with van der Waals surface area (Å²) in [6, 6.07) is 0. The summed E-state index contributed by atoms with van der Waals surface area (Å²) in [5, 5.41) is 4.51. The van der Waals surface area contributed by atoms with E-state index in [2.05, 4.69) is 19.2 Å². The Labute approximate surface area is 109 Å². The molecular weight excluding hydrogens is 259 g/mol. The first-order valence-electron chi connectivity index (χ1n) is 6.25. The van der Waals surface area contributed by atoms with E-state index in [1.807, 2.05) is 5.38 Å². The van der Waals surface area contributed by atoms with Crippen molar-refractivity contribution < 1.29 is 13.2 Å². The number of alkyl halides is 3. The first-order valence-corrected chi connectivity index (χ1v) is 7.13. The van der Waals surface area contributed by atoms with Crippen molar-refractivity contribution in [3.05, 3.63) is 21.4 Å². The molecule has 0 saturated carbocycles. The Bertz CT molecular complexity index is 411. The third kappa shape index (κ3) is 3.06. The zero-order chi connectivity index (χ0) is 13.3. The SMILES string of the molecule is CC1CCc2scc(CNCC(F)(F)F)c2C1C. The Morgan fingerprint density at radius 2 is 2.11 bits per heavy atom. The number of halogens is 3. The van der Waals surface area contributed by atoms with Crippen molar-refractivity contribution >= 4 is 11.3 Å². The van der Waals surface area contributed by atoms with Crippen LogP contribution in [0, 0.1) is 5.92 Å². The number of thiophene rings is 1. The van der Waals surface area contributed by atoms with Crippen molar-refractivity contribution in [2.75, 3.05) is 6.54 Å². The second-order valence-corrected chi connectivity index (χ2v) is 6.09. The maximum absolute atomic E-state index is 12.1. The van der Waals surface area contributed by atoms with E-state index in [4.69, 9.17) is 0 Å². The Morgan fingerprint density at radius 3 is 2.78 bits per heavy atom. The highest BCUT2D eigenvalue weighted by atomic mass is 32.1. The molecule has 1 aliphatic carbocycles. The molecule has 1 N–H and O–H groups in total. The van der Waals surface area contributed by atoms with Gasteiger partial charge < -0.3 is 5.32 Å². The van der Waals surface area contributed by atoms with Gasteiger partial charge in [0.25, 0.3) is 0 Å². The number of hydrogen-bond acceptors (Lipinski definition) is 2. The normalized spacial score (nSPS) is 24.1. The van der Waals surface area contributed by atoms with Crippen LogP contribution in [0.25, 0.3) is 0 Å². The van der Waals surface area contributed by atoms with E-state index in [-0.39, 0.29) is 0 Å². The van der Waals surface area contributed by atoms with Crippen LogP contribution in [0.3, 0.4) is 0 Å². The second kappa shape index (κ2) is 5.21. The van der Waals surface area contributed by atoms with Gasteiger partial charge in [0.2, 0.25) is 0 Å². The third-order valence-electron chi connectivity index (χ3n) is 3.77. The number of fused-ring (bicyclic) bond motifs is 1. The fourth-order valence-corrected chi connectivity index (χ4v) is 3.73. The largest absolute Gasteiger partial charge is 0.401 e. The summed E-state index contributed by atoms with van der Waals surface area (Å²) in [6.45, 7) is 3.81. The van der Waals surface area contributed by atoms with E-state index in [0.717, 1.165) is 12.0 Å². The highest BCUT2D eigenvalue weighted by molar-refractivity contribution is 7.10. The molecule has 0 radical (unpaired) electrons. The van der Waals surface area contributed by atoms with Crippen LogP contribution in [-0.4, -0.2) is 12.7 Å². The summed E-state index contributed by atoms with van der Waals surface area (Å²) >= 11 is 1.69. The third-order valence-corrected chi connectivity index (χ3v) is 4.88. The molecule has 1 aliphatic rings. The standard InChI is InChI=1S/C13H18F3NS/c1-8-3-4-11-12(9(8)2)10(6-18-11)5-17-7-13(14,15)16/h6,8-9,17H,3-5,7H2,1-2H3. The zero-order valence-corrected chi connectivity index (χ0v) is 11.4. The molecule has 1 heterocycles. The van der Waals surface area contributed by atoms with E-state index in [9.17, 15) is 13.2 Å². The van der Waals surface area contributed by atoms with Gasteiger partial charge in [0.05, 0.1) is 6.54 Å². The molecule has 1 nitrogen and oxygen atoms in total. The minimum atomic E-state index is -4.13. The van der Waals surface area contributed by atoms with Crippen molar-refractivity contribution in [3.8, 4) is 0 Å². The van der Waals surface area contributed by atoms with E-state index in [1.54, 1.807) is 11.3 Å². The molecule has 2 atom stereocenters. The minimum absolute atomic E-state index is 0.322. The highest BCUT2D eigenvalue weighted by Crippen LogP contribution is 2.40. The molecule has 1 aromatic rings. The average molecular weight is 277 g/mol. The van der Waals surface area contributed by atoms with Gasteiger partial charge in [0.1, 0.15) is 0 Å². The predicted molar refractivity (Wildman–Crippen MR) is 68.0 cm³/mol. The molecule has 18 heavy (non-hydrogen) atoms. The summed E-state index contributed by atoms with van der Waals surface area (Å²) in [4.78, 5) is 1.37. The lowest BCUT2D eigenvalue weighted by molar-refractivity contribution is -0.125. The van der Waals surface area contributed by atoms with E-state index in [0.29, 0.717) is 18.4 Å². The van der Waals surface area contributed by atoms with Gasteiger partial charge in [-0.1, -0.05) is 13.8 Å². The summed E-state index contributed by atoms with van der Waals surface area (Å²) < 4.78 is 36.3. The van der Waals surface area contributed by atoms with Gasteiger partial charge in [-0.2, -0.15) is 13.2 Å². The molecule has 102 valence electrons. The van der Waals surface area contributed by atoms with Crippen LogP contribution in [0.5, 0.6) is 0 Å². The maximum atomic E-state index is 12.1. The molecule has 2 unspecified atom stereocenters. The lowest BCUT2D eigenvalue weighted by Crippen LogP contribution is -2.28. The van der Waals surface area contributed by atoms with Crippen molar-refractivity contribution in [2.24, 2.45) is 5.92 Å². The number of hydrogen-bond donors (Lipinski definition) is 1. The first-order chi connectivity index (χ1) is 8.38. The van der Waals surface area contributed by atoms with Crippen LogP contribution in [0.2, 0.25) is 0 Å². The van der Waals surface area contributed by atoms with Crippen LogP contribution in [0.4, 0.5) is 13.2 Å². The Balaban J connectivity index is 2.04. The van der Waals surface area contributed by atoms with Gasteiger partial charge >= 0.3 is 6.18 Å². The Hall–Kier alpha value is -0.550. The van der Waals surface area contributed by atoms with Crippen LogP contribution in [-0.2, 0) is 13.0 Å². The highest BCUT2D eigenvalue weighted by Gasteiger charge is 2.29. The van der Waals surface area contributed by atoms with Crippen LogP contribution < -0.4 is 5.32 Å². The van der Waals surface area contributed by atoms with Gasteiger partial charge in [-0.25, -0.2) is 0 Å². The molecule has 0 saturated heterocycles. The Kier molecular flexibility index (Phi) is 4.02. The van der Waals surface area contributed by atoms with Crippen molar-refractivity contribution in [2.45, 2.75) is 45.3 Å². The summed E-state index contributed by atoms with van der Waals surface area (Å²) in [5.41, 5.74) is 2.35. The predicted octanol–water partition coefficient (Wildman–Crippen LogP) is 4.09. The molecular formula is C13H18F3NS. The smallest absolute Gasteiger partial charge is 0.305 e. The molecule has 1 aromatic heterocycles. The van der Waals surface area contributed by atoms with Crippen LogP contribution >= 0.6 is 11.3 Å². The van der Waals surface area contributed by atoms with Gasteiger partial charge in [-0.3, -0.25) is 0 Å². The average Bonchev–Trinajstić information content (AvgIpc) is 2.66. The lowest BCUT2D eigenvalue weighted by atomic mass is 9.79. The van der Waals surface area contributed by atoms with E-state index in [1.165, 1.54) is 16.9 Å². The van der Waals surface area contributed by atoms with Crippen LogP contribution in [0.15, 0.2) is 5.38 Å². The monoisotopic (exact) mass is 277 g/mol. The molecule has 0 fully saturated rings. The molecule has 0 spiro atoms. The topological polar surface area (TPSA) is 12.0 Å². The Morgan fingerprint density at radius 1 is 1.39 bits per heavy atom. The molecule has 0 aliphatic heterocycles. The van der Waals surface area contributed by atoms with E-state index < -0.39 is 12.7 Å². The molecule has 2 rings (SSSR count). The molecule has 0 aromatic carbocycles. The second-order valence-electron chi connectivity index (χ2n) is 5.12. The lowest BCUT2D eigenvalue weighted by Gasteiger charge is -2.27. The van der Waals surface area contributed by atoms with Gasteiger partial charge in [0, 0.05) is 11.4 Å². The molecule has 0 amide bonds. The van der Waals surface area contributed by atoms with Crippen molar-refractivity contribution in [1.29, 1.82) is 0 Å². The summed E-state index contributed by atoms with van der Waals surface area (Å²) in [7, 11) is 0. The quantitative estimate of drug-likeness (QED) is 0.877. The number of rotatable bonds is 3. The molecule has 5 heteroatoms. The number of aryl methyl sites for hydroxylation is 1. The number of nitrogens with one attached hydrogen (secondary N) is 1. The van der Waals surface area contributed by atoms with E-state index >= 15 is 0 Å². The fraction of sp³-hybridized carbons (Fsp3) is 0.692. The van der Waals surface area contributed by atoms with Crippen molar-refractivity contribution in [1.82, 2.24) is 5.32 Å². The minimum Gasteiger partial charge on any atom is -0.305 e. The maximum Gasteiger partial charge on any atom is 0.401 e. The summed E-state index contributed by atoms with van der Waals surface area (Å²) in [6.07, 6.45) is -1.87. The summed E-state index contributed by atoms with van der Waals surface area (Å²) in [5.74, 6) is 1.08. The van der Waals surface area contributed by atoms with Gasteiger partial charge in [0.15, 0.2) is 0 Å². The zero-order valence-electron chi connectivity index (χ0n) is 10.6. The fourth-order valence-electron chi connectivity index (χ4n) is 2.56.